The zero-order valence-corrected chi connectivity index (χ0v) is 15.9. The number of ether oxygens (including phenoxy) is 2. The van der Waals surface area contributed by atoms with Crippen molar-refractivity contribution in [2.75, 3.05) is 43.6 Å². The molecular formula is C21H20N4O4. The van der Waals surface area contributed by atoms with E-state index in [0.29, 0.717) is 35.9 Å². The van der Waals surface area contributed by atoms with Gasteiger partial charge in [-0.1, -0.05) is 24.3 Å². The number of ketones is 1. The number of aromatic nitrogens is 2. The van der Waals surface area contributed by atoms with Crippen molar-refractivity contribution in [3.63, 3.8) is 0 Å². The van der Waals surface area contributed by atoms with Crippen molar-refractivity contribution in [2.24, 2.45) is 0 Å². The predicted octanol–water partition coefficient (Wildman–Crippen LogP) is 2.57. The minimum Gasteiger partial charge on any atom is -0.463 e. The van der Waals surface area contributed by atoms with Crippen molar-refractivity contribution in [2.45, 2.75) is 0 Å². The van der Waals surface area contributed by atoms with Gasteiger partial charge in [-0.15, -0.1) is 0 Å². The van der Waals surface area contributed by atoms with Crippen LogP contribution in [-0.2, 0) is 14.3 Å². The number of carbonyl (C=O) groups excluding carboxylic acids is 2. The van der Waals surface area contributed by atoms with E-state index in [1.165, 1.54) is 7.11 Å². The quantitative estimate of drug-likeness (QED) is 0.402. The zero-order chi connectivity index (χ0) is 20.2. The van der Waals surface area contributed by atoms with Gasteiger partial charge in [-0.3, -0.25) is 4.79 Å². The first kappa shape index (κ1) is 18.8. The lowest BCUT2D eigenvalue weighted by molar-refractivity contribution is -0.135. The maximum Gasteiger partial charge on any atom is 0.379 e. The molecule has 1 fully saturated rings. The van der Waals surface area contributed by atoms with Gasteiger partial charge in [0, 0.05) is 35.9 Å². The summed E-state index contributed by atoms with van der Waals surface area (Å²) in [4.78, 5) is 35.1. The molecule has 1 N–H and O–H groups in total. The molecule has 1 aliphatic heterocycles. The molecule has 0 aliphatic carbocycles. The summed E-state index contributed by atoms with van der Waals surface area (Å²) in [5, 5.41) is 4.76. The van der Waals surface area contributed by atoms with E-state index < -0.39 is 11.8 Å². The molecule has 0 unspecified atom stereocenters. The highest BCUT2D eigenvalue weighted by atomic mass is 16.5. The van der Waals surface area contributed by atoms with E-state index in [1.807, 2.05) is 18.2 Å². The van der Waals surface area contributed by atoms with Crippen molar-refractivity contribution < 1.29 is 19.1 Å². The highest BCUT2D eigenvalue weighted by Crippen LogP contribution is 2.29. The number of esters is 1. The third kappa shape index (κ3) is 3.88. The molecule has 0 atom stereocenters. The minimum atomic E-state index is -0.887. The molecule has 148 valence electrons. The van der Waals surface area contributed by atoms with Crippen LogP contribution >= 0.6 is 0 Å². The number of carbonyl (C=O) groups is 2. The average Bonchev–Trinajstić information content (AvgIpc) is 2.79. The van der Waals surface area contributed by atoms with Crippen molar-refractivity contribution in [3.05, 3.63) is 54.2 Å². The fourth-order valence-electron chi connectivity index (χ4n) is 3.28. The molecule has 8 nitrogen and oxygen atoms in total. The van der Waals surface area contributed by atoms with Gasteiger partial charge in [-0.2, -0.15) is 4.98 Å². The number of anilines is 3. The van der Waals surface area contributed by atoms with E-state index in [1.54, 1.807) is 30.5 Å². The molecule has 2 aromatic carbocycles. The van der Waals surface area contributed by atoms with Gasteiger partial charge in [-0.25, -0.2) is 9.78 Å². The second-order valence-electron chi connectivity index (χ2n) is 6.49. The van der Waals surface area contributed by atoms with E-state index in [-0.39, 0.29) is 0 Å². The van der Waals surface area contributed by atoms with Crippen molar-refractivity contribution >= 4 is 40.0 Å². The molecule has 0 bridgehead atoms. The van der Waals surface area contributed by atoms with E-state index in [2.05, 4.69) is 24.9 Å². The molecule has 1 saturated heterocycles. The van der Waals surface area contributed by atoms with E-state index in [4.69, 9.17) is 4.74 Å². The Morgan fingerprint density at radius 1 is 1.07 bits per heavy atom. The van der Waals surface area contributed by atoms with Crippen LogP contribution in [0.4, 0.5) is 17.5 Å². The summed E-state index contributed by atoms with van der Waals surface area (Å²) in [6.45, 7) is 2.80. The lowest BCUT2D eigenvalue weighted by atomic mass is 10.00. The first-order chi connectivity index (χ1) is 14.2. The fourth-order valence-corrected chi connectivity index (χ4v) is 3.28. The summed E-state index contributed by atoms with van der Waals surface area (Å²) in [6.07, 6.45) is 1.71. The van der Waals surface area contributed by atoms with Crippen molar-refractivity contribution in [1.29, 1.82) is 0 Å². The Morgan fingerprint density at radius 2 is 1.83 bits per heavy atom. The van der Waals surface area contributed by atoms with Gasteiger partial charge in [0.2, 0.25) is 5.95 Å². The Labute approximate surface area is 167 Å². The second kappa shape index (κ2) is 8.24. The second-order valence-corrected chi connectivity index (χ2v) is 6.49. The van der Waals surface area contributed by atoms with E-state index >= 15 is 0 Å². The van der Waals surface area contributed by atoms with Crippen LogP contribution in [0.1, 0.15) is 10.4 Å². The average molecular weight is 392 g/mol. The molecule has 4 rings (SSSR count). The Kier molecular flexibility index (Phi) is 5.35. The molecular weight excluding hydrogens is 372 g/mol. The summed E-state index contributed by atoms with van der Waals surface area (Å²) in [6, 6.07) is 12.5. The number of Topliss-reactive ketones (excluding diaryl/α,β-unsaturated/α-hetero) is 1. The molecule has 29 heavy (non-hydrogen) atoms. The number of methoxy groups -OCH3 is 1. The Balaban J connectivity index is 1.67. The van der Waals surface area contributed by atoms with Crippen LogP contribution < -0.4 is 10.2 Å². The largest absolute Gasteiger partial charge is 0.463 e. The number of nitrogens with one attached hydrogen (secondary N) is 1. The van der Waals surface area contributed by atoms with Gasteiger partial charge >= 0.3 is 5.97 Å². The minimum absolute atomic E-state index is 0.301. The normalized spacial score (nSPS) is 13.9. The van der Waals surface area contributed by atoms with Crippen molar-refractivity contribution in [1.82, 2.24) is 9.97 Å². The number of benzene rings is 2. The van der Waals surface area contributed by atoms with Crippen molar-refractivity contribution in [3.8, 4) is 0 Å². The molecule has 1 aromatic heterocycles. The van der Waals surface area contributed by atoms with Gasteiger partial charge < -0.3 is 19.7 Å². The summed E-state index contributed by atoms with van der Waals surface area (Å²) in [5.41, 5.74) is 1.07. The predicted molar refractivity (Wildman–Crippen MR) is 109 cm³/mol. The van der Waals surface area contributed by atoms with Gasteiger partial charge in [0.25, 0.3) is 5.78 Å². The number of hydrogen-bond donors (Lipinski definition) is 1. The maximum atomic E-state index is 12.3. The molecule has 3 aromatic rings. The van der Waals surface area contributed by atoms with Gasteiger partial charge in [0.05, 0.1) is 20.3 Å². The fraction of sp³-hybridized carbons (Fsp3) is 0.238. The smallest absolute Gasteiger partial charge is 0.379 e. The highest BCUT2D eigenvalue weighted by molar-refractivity contribution is 6.43. The number of fused-ring (bicyclic) bond motifs is 1. The zero-order valence-electron chi connectivity index (χ0n) is 15.9. The van der Waals surface area contributed by atoms with Crippen LogP contribution in [0.25, 0.3) is 10.8 Å². The Morgan fingerprint density at radius 3 is 2.59 bits per heavy atom. The van der Waals surface area contributed by atoms with Crippen LogP contribution in [0.15, 0.2) is 48.7 Å². The lowest BCUT2D eigenvalue weighted by Crippen LogP contribution is -2.37. The number of nitrogens with zero attached hydrogens (tertiary/aromatic N) is 3. The molecule has 1 aliphatic rings. The lowest BCUT2D eigenvalue weighted by Gasteiger charge is -2.26. The molecule has 0 amide bonds. The van der Waals surface area contributed by atoms with Crippen LogP contribution in [-0.4, -0.2) is 55.1 Å². The third-order valence-corrected chi connectivity index (χ3v) is 4.74. The number of hydrogen-bond acceptors (Lipinski definition) is 8. The van der Waals surface area contributed by atoms with Gasteiger partial charge in [0.1, 0.15) is 5.82 Å². The molecule has 8 heteroatoms. The SMILES string of the molecule is COC(=O)C(=O)c1ccc(Nc2ccnc(N3CCOCC3)n2)c2ccccc12. The highest BCUT2D eigenvalue weighted by Gasteiger charge is 2.20. The van der Waals surface area contributed by atoms with E-state index in [0.717, 1.165) is 24.2 Å². The standard InChI is InChI=1S/C21H20N4O4/c1-28-20(27)19(26)16-6-7-17(15-5-3-2-4-14(15)16)23-18-8-9-22-21(24-18)25-10-12-29-13-11-25/h2-9H,10-13H2,1H3,(H,22,23,24). The first-order valence-electron chi connectivity index (χ1n) is 9.24. The summed E-state index contributed by atoms with van der Waals surface area (Å²) in [5.74, 6) is -0.285. The maximum absolute atomic E-state index is 12.3. The molecule has 0 radical (unpaired) electrons. The van der Waals surface area contributed by atoms with Gasteiger partial charge in [-0.05, 0) is 23.6 Å². The molecule has 0 spiro atoms. The van der Waals surface area contributed by atoms with E-state index in [9.17, 15) is 9.59 Å². The van der Waals surface area contributed by atoms with Crippen LogP contribution in [0.5, 0.6) is 0 Å². The monoisotopic (exact) mass is 392 g/mol. The molecule has 0 saturated carbocycles. The summed E-state index contributed by atoms with van der Waals surface area (Å²) >= 11 is 0. The Hall–Kier alpha value is -3.52. The van der Waals surface area contributed by atoms with Gasteiger partial charge in [0.15, 0.2) is 0 Å². The number of morpholine rings is 1. The Bertz CT molecular complexity index is 1060. The third-order valence-electron chi connectivity index (χ3n) is 4.74. The molecule has 2 heterocycles. The summed E-state index contributed by atoms with van der Waals surface area (Å²) < 4.78 is 9.95. The topological polar surface area (TPSA) is 93.7 Å². The van der Waals surface area contributed by atoms with Crippen LogP contribution in [0.2, 0.25) is 0 Å². The summed E-state index contributed by atoms with van der Waals surface area (Å²) in [7, 11) is 1.19. The van der Waals surface area contributed by atoms with Crippen LogP contribution in [0, 0.1) is 0 Å². The first-order valence-corrected chi connectivity index (χ1v) is 9.24. The number of rotatable bonds is 5. The van der Waals surface area contributed by atoms with Crippen LogP contribution in [0.3, 0.4) is 0 Å².